The molecule has 1 aliphatic heterocycles. The molecule has 3 aromatic rings. The van der Waals surface area contributed by atoms with Crippen LogP contribution < -0.4 is 0 Å². The van der Waals surface area contributed by atoms with Crippen molar-refractivity contribution < 1.29 is 4.74 Å². The van der Waals surface area contributed by atoms with Crippen molar-refractivity contribution in [1.29, 1.82) is 0 Å². The summed E-state index contributed by atoms with van der Waals surface area (Å²) in [5.41, 5.74) is 2.93. The molecule has 3 heterocycles. The molecule has 2 aromatic heterocycles. The molecule has 1 aromatic carbocycles. The second-order valence-corrected chi connectivity index (χ2v) is 5.06. The molecule has 1 atom stereocenters. The zero-order valence-corrected chi connectivity index (χ0v) is 11.3. The van der Waals surface area contributed by atoms with Gasteiger partial charge in [-0.25, -0.2) is 9.98 Å². The summed E-state index contributed by atoms with van der Waals surface area (Å²) in [6.07, 6.45) is 2.81. The van der Waals surface area contributed by atoms with E-state index >= 15 is 0 Å². The third-order valence-corrected chi connectivity index (χ3v) is 3.81. The van der Waals surface area contributed by atoms with Gasteiger partial charge in [0.15, 0.2) is 0 Å². The van der Waals surface area contributed by atoms with E-state index in [4.69, 9.17) is 4.74 Å². The molecule has 4 heteroatoms. The van der Waals surface area contributed by atoms with Gasteiger partial charge in [0.1, 0.15) is 12.3 Å². The average Bonchev–Trinajstić information content (AvgIpc) is 3.11. The van der Waals surface area contributed by atoms with Crippen LogP contribution >= 0.6 is 0 Å². The number of nitrogens with one attached hydrogen (secondary N) is 1. The molecule has 0 saturated heterocycles. The molecule has 0 radical (unpaired) electrons. The highest BCUT2D eigenvalue weighted by atomic mass is 16.5. The second-order valence-electron chi connectivity index (χ2n) is 5.06. The average molecular weight is 265 g/mol. The third kappa shape index (κ3) is 1.61. The van der Waals surface area contributed by atoms with Crippen molar-refractivity contribution in [2.24, 2.45) is 4.99 Å². The first-order chi connectivity index (χ1) is 9.86. The Morgan fingerprint density at radius 3 is 3.00 bits per heavy atom. The summed E-state index contributed by atoms with van der Waals surface area (Å²) < 4.78 is 5.71. The first kappa shape index (κ1) is 11.5. The molecule has 4 rings (SSSR count). The van der Waals surface area contributed by atoms with E-state index in [0.29, 0.717) is 12.5 Å². The highest BCUT2D eigenvalue weighted by Crippen LogP contribution is 2.27. The minimum atomic E-state index is 0.256. The molecule has 1 unspecified atom stereocenters. The van der Waals surface area contributed by atoms with E-state index in [1.165, 1.54) is 5.39 Å². The smallest absolute Gasteiger partial charge is 0.237 e. The SMILES string of the molecule is CCC1COC(c2nccc3c2[nH]c2ccccc23)=N1. The Balaban J connectivity index is 1.96. The van der Waals surface area contributed by atoms with Gasteiger partial charge in [0, 0.05) is 22.5 Å². The molecule has 1 aliphatic rings. The number of hydrogen-bond donors (Lipinski definition) is 1. The molecule has 0 aliphatic carbocycles. The van der Waals surface area contributed by atoms with Crippen molar-refractivity contribution in [2.75, 3.05) is 6.61 Å². The number of benzene rings is 1. The standard InChI is InChI=1S/C16H15N3O/c1-2-10-9-20-16(18-10)15-14-12(7-8-17-15)11-5-3-4-6-13(11)19-14/h3-8,10,19H,2,9H2,1H3. The first-order valence-corrected chi connectivity index (χ1v) is 6.93. The Bertz CT molecular complexity index is 819. The Morgan fingerprint density at radius 2 is 2.15 bits per heavy atom. The molecule has 0 amide bonds. The summed E-state index contributed by atoms with van der Waals surface area (Å²) in [6, 6.07) is 10.6. The lowest BCUT2D eigenvalue weighted by atomic mass is 10.1. The van der Waals surface area contributed by atoms with Crippen molar-refractivity contribution in [1.82, 2.24) is 9.97 Å². The van der Waals surface area contributed by atoms with E-state index in [1.807, 2.05) is 24.4 Å². The lowest BCUT2D eigenvalue weighted by Crippen LogP contribution is -2.05. The van der Waals surface area contributed by atoms with Gasteiger partial charge in [-0.2, -0.15) is 0 Å². The largest absolute Gasteiger partial charge is 0.474 e. The second kappa shape index (κ2) is 4.34. The van der Waals surface area contributed by atoms with Crippen molar-refractivity contribution in [3.63, 3.8) is 0 Å². The maximum Gasteiger partial charge on any atom is 0.237 e. The quantitative estimate of drug-likeness (QED) is 0.773. The van der Waals surface area contributed by atoms with Crippen LogP contribution in [0.3, 0.4) is 0 Å². The molecule has 20 heavy (non-hydrogen) atoms. The lowest BCUT2D eigenvalue weighted by Gasteiger charge is -2.01. The highest BCUT2D eigenvalue weighted by molar-refractivity contribution is 6.14. The van der Waals surface area contributed by atoms with Crippen LogP contribution in [0.5, 0.6) is 0 Å². The lowest BCUT2D eigenvalue weighted by molar-refractivity contribution is 0.314. The van der Waals surface area contributed by atoms with Crippen molar-refractivity contribution in [2.45, 2.75) is 19.4 Å². The van der Waals surface area contributed by atoms with E-state index in [2.05, 4.69) is 34.0 Å². The minimum absolute atomic E-state index is 0.256. The van der Waals surface area contributed by atoms with Crippen LogP contribution in [0.15, 0.2) is 41.5 Å². The number of aliphatic imine (C=N–C) groups is 1. The minimum Gasteiger partial charge on any atom is -0.474 e. The predicted molar refractivity (Wildman–Crippen MR) is 80.2 cm³/mol. The summed E-state index contributed by atoms with van der Waals surface area (Å²) in [4.78, 5) is 12.5. The molecule has 0 saturated carbocycles. The number of pyridine rings is 1. The molecule has 0 fully saturated rings. The number of para-hydroxylation sites is 1. The Labute approximate surface area is 116 Å². The molecular formula is C16H15N3O. The number of fused-ring (bicyclic) bond motifs is 3. The number of H-pyrrole nitrogens is 1. The molecule has 0 spiro atoms. The fourth-order valence-electron chi connectivity index (χ4n) is 2.69. The van der Waals surface area contributed by atoms with Gasteiger partial charge in [-0.1, -0.05) is 25.1 Å². The van der Waals surface area contributed by atoms with E-state index in [-0.39, 0.29) is 6.04 Å². The Morgan fingerprint density at radius 1 is 1.25 bits per heavy atom. The van der Waals surface area contributed by atoms with Crippen molar-refractivity contribution in [3.8, 4) is 0 Å². The van der Waals surface area contributed by atoms with Crippen molar-refractivity contribution in [3.05, 3.63) is 42.2 Å². The number of aromatic amines is 1. The fourth-order valence-corrected chi connectivity index (χ4v) is 2.69. The molecule has 100 valence electrons. The fraction of sp³-hybridized carbons (Fsp3) is 0.250. The van der Waals surface area contributed by atoms with Crippen LogP contribution in [0.2, 0.25) is 0 Å². The molecule has 4 nitrogen and oxygen atoms in total. The van der Waals surface area contributed by atoms with E-state index in [1.54, 1.807) is 0 Å². The Kier molecular flexibility index (Phi) is 2.49. The van der Waals surface area contributed by atoms with Gasteiger partial charge in [0.25, 0.3) is 0 Å². The van der Waals surface area contributed by atoms with Crippen LogP contribution in [-0.2, 0) is 4.74 Å². The zero-order valence-electron chi connectivity index (χ0n) is 11.3. The maximum atomic E-state index is 5.71. The van der Waals surface area contributed by atoms with Gasteiger partial charge in [-0.3, -0.25) is 0 Å². The van der Waals surface area contributed by atoms with Gasteiger partial charge in [-0.15, -0.1) is 0 Å². The zero-order chi connectivity index (χ0) is 13.5. The van der Waals surface area contributed by atoms with Gasteiger partial charge in [0.2, 0.25) is 5.90 Å². The van der Waals surface area contributed by atoms with E-state index in [0.717, 1.165) is 28.5 Å². The van der Waals surface area contributed by atoms with Gasteiger partial charge in [-0.05, 0) is 18.6 Å². The predicted octanol–water partition coefficient (Wildman–Crippen LogP) is 3.27. The van der Waals surface area contributed by atoms with Gasteiger partial charge >= 0.3 is 0 Å². The third-order valence-electron chi connectivity index (χ3n) is 3.81. The van der Waals surface area contributed by atoms with Crippen LogP contribution in [0, 0.1) is 0 Å². The van der Waals surface area contributed by atoms with Crippen LogP contribution in [0.25, 0.3) is 21.8 Å². The maximum absolute atomic E-state index is 5.71. The number of nitrogens with zero attached hydrogens (tertiary/aromatic N) is 2. The summed E-state index contributed by atoms with van der Waals surface area (Å²) in [7, 11) is 0. The summed E-state index contributed by atoms with van der Waals surface area (Å²) in [6.45, 7) is 2.78. The summed E-state index contributed by atoms with van der Waals surface area (Å²) >= 11 is 0. The van der Waals surface area contributed by atoms with E-state index in [9.17, 15) is 0 Å². The monoisotopic (exact) mass is 265 g/mol. The summed E-state index contributed by atoms with van der Waals surface area (Å²) in [5.74, 6) is 0.661. The topological polar surface area (TPSA) is 50.3 Å². The Hall–Kier alpha value is -2.36. The van der Waals surface area contributed by atoms with E-state index < -0.39 is 0 Å². The number of hydrogen-bond acceptors (Lipinski definition) is 3. The van der Waals surface area contributed by atoms with Crippen LogP contribution in [-0.4, -0.2) is 28.5 Å². The van der Waals surface area contributed by atoms with Crippen LogP contribution in [0.1, 0.15) is 19.0 Å². The molecule has 0 bridgehead atoms. The first-order valence-electron chi connectivity index (χ1n) is 6.93. The molecular weight excluding hydrogens is 250 g/mol. The highest BCUT2D eigenvalue weighted by Gasteiger charge is 2.22. The van der Waals surface area contributed by atoms with Crippen LogP contribution in [0.4, 0.5) is 0 Å². The van der Waals surface area contributed by atoms with Crippen molar-refractivity contribution >= 4 is 27.7 Å². The number of ether oxygens (including phenoxy) is 1. The normalized spacial score (nSPS) is 18.4. The van der Waals surface area contributed by atoms with Gasteiger partial charge < -0.3 is 9.72 Å². The number of rotatable bonds is 2. The summed E-state index contributed by atoms with van der Waals surface area (Å²) in [5, 5.41) is 2.37. The van der Waals surface area contributed by atoms with Gasteiger partial charge in [0.05, 0.1) is 11.6 Å². The number of aromatic nitrogens is 2. The molecule has 1 N–H and O–H groups in total.